The molecule has 1 aromatic rings. The van der Waals surface area contributed by atoms with Gasteiger partial charge in [-0.1, -0.05) is 0 Å². The first kappa shape index (κ1) is 8.75. The molecule has 0 saturated heterocycles. The van der Waals surface area contributed by atoms with Crippen LogP contribution >= 0.6 is 0 Å². The van der Waals surface area contributed by atoms with Crippen LogP contribution < -0.4 is 5.73 Å². The molecule has 0 bridgehead atoms. The summed E-state index contributed by atoms with van der Waals surface area (Å²) in [5.74, 6) is 1.17. The van der Waals surface area contributed by atoms with Gasteiger partial charge in [0.25, 0.3) is 0 Å². The van der Waals surface area contributed by atoms with Crippen molar-refractivity contribution in [1.82, 2.24) is 9.55 Å². The molecule has 0 unspecified atom stereocenters. The lowest BCUT2D eigenvalue weighted by Gasteiger charge is -2.29. The zero-order chi connectivity index (χ0) is 9.26. The van der Waals surface area contributed by atoms with E-state index in [-0.39, 0.29) is 0 Å². The molecule has 3 nitrogen and oxygen atoms in total. The summed E-state index contributed by atoms with van der Waals surface area (Å²) in [5, 5.41) is 0. The smallest absolute Gasteiger partial charge is 0.110 e. The number of nitrogens with zero attached hydrogens (tertiary/aromatic N) is 2. The van der Waals surface area contributed by atoms with Crippen LogP contribution in [-0.4, -0.2) is 16.1 Å². The molecule has 1 aromatic heterocycles. The Bertz CT molecular complexity index is 286. The van der Waals surface area contributed by atoms with Gasteiger partial charge in [-0.2, -0.15) is 0 Å². The maximum absolute atomic E-state index is 5.54. The van der Waals surface area contributed by atoms with Crippen molar-refractivity contribution in [3.63, 3.8) is 0 Å². The predicted octanol–water partition coefficient (Wildman–Crippen LogP) is 1.42. The van der Waals surface area contributed by atoms with Crippen LogP contribution in [0.2, 0.25) is 0 Å². The van der Waals surface area contributed by atoms with Crippen molar-refractivity contribution in [2.45, 2.75) is 38.6 Å². The van der Waals surface area contributed by atoms with Gasteiger partial charge in [-0.05, 0) is 32.7 Å². The van der Waals surface area contributed by atoms with Crippen LogP contribution in [0.4, 0.5) is 0 Å². The summed E-state index contributed by atoms with van der Waals surface area (Å²) in [6, 6.07) is 0.712. The number of hydrogen-bond donors (Lipinski definition) is 1. The van der Waals surface area contributed by atoms with Crippen LogP contribution in [0.15, 0.2) is 6.20 Å². The minimum Gasteiger partial charge on any atom is -0.330 e. The summed E-state index contributed by atoms with van der Waals surface area (Å²) >= 11 is 0. The molecule has 0 spiro atoms. The van der Waals surface area contributed by atoms with Crippen LogP contribution in [0.3, 0.4) is 0 Å². The molecule has 0 aromatic carbocycles. The predicted molar refractivity (Wildman–Crippen MR) is 52.6 cm³/mol. The summed E-state index contributed by atoms with van der Waals surface area (Å²) in [4.78, 5) is 4.39. The van der Waals surface area contributed by atoms with Gasteiger partial charge in [-0.15, -0.1) is 0 Å². The highest BCUT2D eigenvalue weighted by Gasteiger charge is 2.22. The first-order valence-electron chi connectivity index (χ1n) is 5.05. The van der Waals surface area contributed by atoms with Crippen LogP contribution in [0, 0.1) is 6.92 Å². The number of nitrogens with two attached hydrogens (primary N) is 1. The highest BCUT2D eigenvalue weighted by atomic mass is 15.1. The number of hydrogen-bond acceptors (Lipinski definition) is 2. The van der Waals surface area contributed by atoms with Gasteiger partial charge in [-0.3, -0.25) is 0 Å². The summed E-state index contributed by atoms with van der Waals surface area (Å²) in [5.41, 5.74) is 6.83. The van der Waals surface area contributed by atoms with E-state index in [9.17, 15) is 0 Å². The lowest BCUT2D eigenvalue weighted by Crippen LogP contribution is -2.21. The van der Waals surface area contributed by atoms with Crippen molar-refractivity contribution in [1.29, 1.82) is 0 Å². The first-order chi connectivity index (χ1) is 6.33. The van der Waals surface area contributed by atoms with E-state index in [4.69, 9.17) is 5.73 Å². The van der Waals surface area contributed by atoms with Crippen molar-refractivity contribution < 1.29 is 0 Å². The van der Waals surface area contributed by atoms with Gasteiger partial charge in [0.1, 0.15) is 5.82 Å². The van der Waals surface area contributed by atoms with E-state index in [0.717, 1.165) is 6.42 Å². The van der Waals surface area contributed by atoms with E-state index in [1.54, 1.807) is 0 Å². The second-order valence-corrected chi connectivity index (χ2v) is 3.81. The molecule has 0 amide bonds. The van der Waals surface area contributed by atoms with Gasteiger partial charge in [0.15, 0.2) is 0 Å². The topological polar surface area (TPSA) is 43.8 Å². The fourth-order valence-electron chi connectivity index (χ4n) is 1.95. The number of imidazole rings is 1. The molecule has 0 radical (unpaired) electrons. The van der Waals surface area contributed by atoms with E-state index in [1.165, 1.54) is 30.8 Å². The van der Waals surface area contributed by atoms with Gasteiger partial charge in [0, 0.05) is 24.4 Å². The van der Waals surface area contributed by atoms with E-state index in [2.05, 4.69) is 16.5 Å². The number of aryl methyl sites for hydroxylation is 1. The fraction of sp³-hybridized carbons (Fsp3) is 0.700. The Morgan fingerprint density at radius 3 is 2.92 bits per heavy atom. The molecule has 1 saturated carbocycles. The highest BCUT2D eigenvalue weighted by Crippen LogP contribution is 2.33. The highest BCUT2D eigenvalue weighted by molar-refractivity contribution is 5.07. The van der Waals surface area contributed by atoms with Crippen molar-refractivity contribution in [3.05, 3.63) is 17.7 Å². The summed E-state index contributed by atoms with van der Waals surface area (Å²) < 4.78 is 2.37. The molecule has 1 aliphatic carbocycles. The maximum Gasteiger partial charge on any atom is 0.110 e. The van der Waals surface area contributed by atoms with Crippen molar-refractivity contribution in [2.24, 2.45) is 5.73 Å². The molecule has 0 atom stereocenters. The Balaban J connectivity index is 2.23. The summed E-state index contributed by atoms with van der Waals surface area (Å²) in [7, 11) is 0. The molecule has 1 heterocycles. The lowest BCUT2D eigenvalue weighted by atomic mass is 9.92. The van der Waals surface area contributed by atoms with E-state index < -0.39 is 0 Å². The molecule has 1 fully saturated rings. The fourth-order valence-corrected chi connectivity index (χ4v) is 1.95. The zero-order valence-electron chi connectivity index (χ0n) is 8.16. The standard InChI is InChI=1S/C10H17N3/c1-8-7-12-10(5-6-11)13(8)9-3-2-4-9/h7,9H,2-6,11H2,1H3. The Hall–Kier alpha value is -0.830. The van der Waals surface area contributed by atoms with Crippen LogP contribution in [-0.2, 0) is 6.42 Å². The van der Waals surface area contributed by atoms with Crippen LogP contribution in [0.25, 0.3) is 0 Å². The van der Waals surface area contributed by atoms with Crippen molar-refractivity contribution >= 4 is 0 Å². The molecule has 13 heavy (non-hydrogen) atoms. The van der Waals surface area contributed by atoms with Crippen LogP contribution in [0.5, 0.6) is 0 Å². The Kier molecular flexibility index (Phi) is 2.36. The molecule has 2 rings (SSSR count). The van der Waals surface area contributed by atoms with Gasteiger partial charge in [0.05, 0.1) is 0 Å². The van der Waals surface area contributed by atoms with Gasteiger partial charge < -0.3 is 10.3 Å². The Morgan fingerprint density at radius 2 is 2.38 bits per heavy atom. The third-order valence-corrected chi connectivity index (χ3v) is 2.87. The van der Waals surface area contributed by atoms with Crippen LogP contribution in [0.1, 0.15) is 36.8 Å². The molecule has 3 heteroatoms. The normalized spacial score (nSPS) is 17.4. The molecule has 72 valence electrons. The number of rotatable bonds is 3. The molecule has 2 N–H and O–H groups in total. The van der Waals surface area contributed by atoms with Gasteiger partial charge in [0.2, 0.25) is 0 Å². The largest absolute Gasteiger partial charge is 0.330 e. The van der Waals surface area contributed by atoms with E-state index in [0.29, 0.717) is 12.6 Å². The Morgan fingerprint density at radius 1 is 1.62 bits per heavy atom. The maximum atomic E-state index is 5.54. The molecule has 1 aliphatic rings. The zero-order valence-corrected chi connectivity index (χ0v) is 8.16. The lowest BCUT2D eigenvalue weighted by molar-refractivity contribution is 0.302. The molecule has 0 aliphatic heterocycles. The van der Waals surface area contributed by atoms with E-state index in [1.807, 2.05) is 6.20 Å². The summed E-state index contributed by atoms with van der Waals surface area (Å²) in [6.45, 7) is 2.83. The number of aromatic nitrogens is 2. The third kappa shape index (κ3) is 1.48. The van der Waals surface area contributed by atoms with Crippen molar-refractivity contribution in [3.8, 4) is 0 Å². The molecular weight excluding hydrogens is 162 g/mol. The van der Waals surface area contributed by atoms with E-state index >= 15 is 0 Å². The minimum absolute atomic E-state index is 0.698. The second-order valence-electron chi connectivity index (χ2n) is 3.81. The third-order valence-electron chi connectivity index (χ3n) is 2.87. The van der Waals surface area contributed by atoms with Gasteiger partial charge >= 0.3 is 0 Å². The molecular formula is C10H17N3. The Labute approximate surface area is 79.0 Å². The minimum atomic E-state index is 0.698. The monoisotopic (exact) mass is 179 g/mol. The van der Waals surface area contributed by atoms with Gasteiger partial charge in [-0.25, -0.2) is 4.98 Å². The quantitative estimate of drug-likeness (QED) is 0.762. The first-order valence-corrected chi connectivity index (χ1v) is 5.05. The van der Waals surface area contributed by atoms with Crippen molar-refractivity contribution in [2.75, 3.05) is 6.54 Å². The average molecular weight is 179 g/mol. The second kappa shape index (κ2) is 3.50. The summed E-state index contributed by atoms with van der Waals surface area (Å²) in [6.07, 6.45) is 6.86. The SMILES string of the molecule is Cc1cnc(CCN)n1C1CCC1. The average Bonchev–Trinajstić information content (AvgIpc) is 2.34.